The van der Waals surface area contributed by atoms with Crippen molar-refractivity contribution in [2.45, 2.75) is 19.3 Å². The smallest absolute Gasteiger partial charge is 0.221 e. The molecule has 0 aliphatic carbocycles. The van der Waals surface area contributed by atoms with E-state index in [0.717, 1.165) is 10.1 Å². The molecule has 0 aromatic heterocycles. The molecule has 2 rings (SSSR count). The first-order valence-corrected chi connectivity index (χ1v) is 8.62. The van der Waals surface area contributed by atoms with Gasteiger partial charge < -0.3 is 15.2 Å². The van der Waals surface area contributed by atoms with E-state index in [-0.39, 0.29) is 22.9 Å². The Morgan fingerprint density at radius 1 is 1.61 bits per heavy atom. The molecular formula is C13H17N5O3S2. The van der Waals surface area contributed by atoms with Gasteiger partial charge in [-0.15, -0.1) is 5.11 Å². The van der Waals surface area contributed by atoms with Crippen molar-refractivity contribution in [2.24, 2.45) is 15.3 Å². The number of anilines is 1. The van der Waals surface area contributed by atoms with Crippen LogP contribution >= 0.6 is 23.5 Å². The highest BCUT2D eigenvalue weighted by molar-refractivity contribution is 8.39. The van der Waals surface area contributed by atoms with Crippen LogP contribution in [0.5, 0.6) is 11.5 Å². The average molecular weight is 355 g/mol. The number of methoxy groups -OCH3 is 1. The third-order valence-corrected chi connectivity index (χ3v) is 4.61. The fraction of sp³-hybridized carbons (Fsp3) is 0.385. The van der Waals surface area contributed by atoms with E-state index < -0.39 is 0 Å². The molecule has 0 saturated heterocycles. The normalized spacial score (nSPS) is 17.0. The van der Waals surface area contributed by atoms with Crippen LogP contribution < -0.4 is 15.5 Å². The highest BCUT2D eigenvalue weighted by atomic mass is 32.2. The first kappa shape index (κ1) is 17.4. The summed E-state index contributed by atoms with van der Waals surface area (Å²) in [5, 5.41) is 24.9. The topological polar surface area (TPSA) is 108 Å². The summed E-state index contributed by atoms with van der Waals surface area (Å²) >= 11 is 3.08. The predicted octanol–water partition coefficient (Wildman–Crippen LogP) is 3.09. The van der Waals surface area contributed by atoms with Gasteiger partial charge in [-0.2, -0.15) is 10.2 Å². The second-order valence-corrected chi connectivity index (χ2v) is 6.93. The van der Waals surface area contributed by atoms with Gasteiger partial charge in [-0.05, 0) is 17.5 Å². The number of aromatic hydroxyl groups is 1. The highest BCUT2D eigenvalue weighted by Crippen LogP contribution is 2.38. The van der Waals surface area contributed by atoms with Crippen molar-refractivity contribution >= 4 is 45.2 Å². The first-order chi connectivity index (χ1) is 11.0. The third kappa shape index (κ3) is 4.76. The van der Waals surface area contributed by atoms with Gasteiger partial charge in [0.25, 0.3) is 0 Å². The summed E-state index contributed by atoms with van der Waals surface area (Å²) in [5.41, 5.74) is 3.28. The van der Waals surface area contributed by atoms with E-state index in [1.54, 1.807) is 11.8 Å². The number of rotatable bonds is 5. The van der Waals surface area contributed by atoms with Crippen molar-refractivity contribution < 1.29 is 14.6 Å². The summed E-state index contributed by atoms with van der Waals surface area (Å²) in [5.74, 6) is 0.815. The average Bonchev–Trinajstić information content (AvgIpc) is 2.94. The number of carbonyl (C=O) groups is 1. The fourth-order valence-corrected chi connectivity index (χ4v) is 3.46. The molecule has 0 spiro atoms. The monoisotopic (exact) mass is 355 g/mol. The Morgan fingerprint density at radius 3 is 3.04 bits per heavy atom. The van der Waals surface area contributed by atoms with Crippen molar-refractivity contribution in [2.75, 3.05) is 18.2 Å². The minimum absolute atomic E-state index is 0.0893. The number of carbonyl (C=O) groups excluding carboxylic acids is 1. The van der Waals surface area contributed by atoms with E-state index in [2.05, 4.69) is 26.1 Å². The lowest BCUT2D eigenvalue weighted by molar-refractivity contribution is -0.114. The van der Waals surface area contributed by atoms with Crippen molar-refractivity contribution in [3.8, 4) is 11.5 Å². The summed E-state index contributed by atoms with van der Waals surface area (Å²) in [7, 11) is 1.44. The molecule has 124 valence electrons. The molecule has 1 amide bonds. The number of hydrogen-bond donors (Lipinski definition) is 3. The SMILES string of the molecule is CCSC1=NNC(/N=N/c2cc(OC)c(O)cc2NC(C)=O)S1. The molecule has 1 unspecified atom stereocenters. The molecule has 0 saturated carbocycles. The molecule has 10 heteroatoms. The largest absolute Gasteiger partial charge is 0.504 e. The van der Waals surface area contributed by atoms with E-state index in [1.165, 1.54) is 37.9 Å². The molecule has 1 aromatic carbocycles. The van der Waals surface area contributed by atoms with Gasteiger partial charge in [-0.3, -0.25) is 10.2 Å². The standard InChI is InChI=1S/C13H17N5O3S2/c1-4-22-13-18-17-12(23-13)16-15-9-6-11(21-3)10(20)5-8(9)14-7(2)19/h5-6,12,17,20H,4H2,1-3H3,(H,14,19)/b16-15+. The highest BCUT2D eigenvalue weighted by Gasteiger charge is 2.19. The maximum atomic E-state index is 11.3. The Kier molecular flexibility index (Phi) is 6.11. The van der Waals surface area contributed by atoms with E-state index in [4.69, 9.17) is 4.74 Å². The molecule has 23 heavy (non-hydrogen) atoms. The number of azo groups is 1. The Labute approximate surface area is 142 Å². The van der Waals surface area contributed by atoms with Crippen LogP contribution in [0.25, 0.3) is 0 Å². The van der Waals surface area contributed by atoms with Crippen molar-refractivity contribution in [3.63, 3.8) is 0 Å². The van der Waals surface area contributed by atoms with Gasteiger partial charge >= 0.3 is 0 Å². The van der Waals surface area contributed by atoms with Crippen LogP contribution in [0.3, 0.4) is 0 Å². The summed E-state index contributed by atoms with van der Waals surface area (Å²) in [6.07, 6.45) is 0. The van der Waals surface area contributed by atoms with Crippen LogP contribution in [-0.4, -0.2) is 33.7 Å². The molecule has 0 bridgehead atoms. The maximum absolute atomic E-state index is 11.3. The zero-order valence-electron chi connectivity index (χ0n) is 12.9. The van der Waals surface area contributed by atoms with Crippen LogP contribution in [0.2, 0.25) is 0 Å². The Hall–Kier alpha value is -1.94. The summed E-state index contributed by atoms with van der Waals surface area (Å²) in [6.45, 7) is 3.42. The minimum atomic E-state index is -0.325. The van der Waals surface area contributed by atoms with Gasteiger partial charge in [-0.25, -0.2) is 0 Å². The van der Waals surface area contributed by atoms with Gasteiger partial charge in [0, 0.05) is 19.1 Å². The second kappa shape index (κ2) is 8.06. The quantitative estimate of drug-likeness (QED) is 0.701. The van der Waals surface area contributed by atoms with Gasteiger partial charge in [0.05, 0.1) is 12.8 Å². The number of hydrogen-bond acceptors (Lipinski definition) is 9. The molecule has 1 aliphatic heterocycles. The maximum Gasteiger partial charge on any atom is 0.221 e. The molecule has 8 nitrogen and oxygen atoms in total. The molecule has 1 aliphatic rings. The van der Waals surface area contributed by atoms with E-state index >= 15 is 0 Å². The van der Waals surface area contributed by atoms with Crippen LogP contribution in [0, 0.1) is 0 Å². The van der Waals surface area contributed by atoms with Crippen LogP contribution in [0.4, 0.5) is 11.4 Å². The van der Waals surface area contributed by atoms with Crippen LogP contribution in [0.1, 0.15) is 13.8 Å². The Bertz CT molecular complexity index is 651. The number of thioether (sulfide) groups is 2. The summed E-state index contributed by atoms with van der Waals surface area (Å²) in [6, 6.07) is 2.88. The molecule has 0 fully saturated rings. The first-order valence-electron chi connectivity index (χ1n) is 6.75. The van der Waals surface area contributed by atoms with Gasteiger partial charge in [0.15, 0.2) is 15.9 Å². The number of nitrogens with zero attached hydrogens (tertiary/aromatic N) is 3. The van der Waals surface area contributed by atoms with Gasteiger partial charge in [0.2, 0.25) is 11.4 Å². The molecule has 3 N–H and O–H groups in total. The fourth-order valence-electron chi connectivity index (χ4n) is 1.70. The number of benzene rings is 1. The van der Waals surface area contributed by atoms with Crippen LogP contribution in [-0.2, 0) is 4.79 Å². The zero-order chi connectivity index (χ0) is 16.8. The van der Waals surface area contributed by atoms with Crippen molar-refractivity contribution in [1.82, 2.24) is 5.43 Å². The lowest BCUT2D eigenvalue weighted by Gasteiger charge is -2.10. The Balaban J connectivity index is 2.17. The molecule has 0 radical (unpaired) electrons. The van der Waals surface area contributed by atoms with Crippen molar-refractivity contribution in [1.29, 1.82) is 0 Å². The lowest BCUT2D eigenvalue weighted by atomic mass is 10.2. The van der Waals surface area contributed by atoms with Crippen molar-refractivity contribution in [3.05, 3.63) is 12.1 Å². The number of phenols is 1. The molecule has 1 aromatic rings. The molecular weight excluding hydrogens is 338 g/mol. The van der Waals surface area contributed by atoms with E-state index in [9.17, 15) is 9.90 Å². The molecule has 1 heterocycles. The minimum Gasteiger partial charge on any atom is -0.504 e. The summed E-state index contributed by atoms with van der Waals surface area (Å²) < 4.78 is 5.96. The van der Waals surface area contributed by atoms with E-state index in [0.29, 0.717) is 11.4 Å². The number of hydrazone groups is 1. The number of ether oxygens (including phenoxy) is 1. The summed E-state index contributed by atoms with van der Waals surface area (Å²) in [4.78, 5) is 11.3. The van der Waals surface area contributed by atoms with Gasteiger partial charge in [0.1, 0.15) is 5.69 Å². The lowest BCUT2D eigenvalue weighted by Crippen LogP contribution is -2.11. The van der Waals surface area contributed by atoms with E-state index in [1.807, 2.05) is 6.92 Å². The number of nitrogens with one attached hydrogen (secondary N) is 2. The van der Waals surface area contributed by atoms with Crippen LogP contribution in [0.15, 0.2) is 27.5 Å². The van der Waals surface area contributed by atoms with Gasteiger partial charge in [-0.1, -0.05) is 18.7 Å². The Morgan fingerprint density at radius 2 is 2.39 bits per heavy atom. The number of phenolic OH excluding ortho intramolecular Hbond substituents is 1. The molecule has 1 atom stereocenters. The predicted molar refractivity (Wildman–Crippen MR) is 93.6 cm³/mol. The third-order valence-electron chi connectivity index (χ3n) is 2.62. The second-order valence-electron chi connectivity index (χ2n) is 4.35. The number of amides is 1. The zero-order valence-corrected chi connectivity index (χ0v) is 14.5.